The molecule has 0 radical (unpaired) electrons. The van der Waals surface area contributed by atoms with E-state index < -0.39 is 0 Å². The smallest absolute Gasteiger partial charge is 0.193 e. The molecule has 0 atom stereocenters. The predicted molar refractivity (Wildman–Crippen MR) is 78.4 cm³/mol. The zero-order chi connectivity index (χ0) is 14.5. The molecule has 0 aromatic heterocycles. The van der Waals surface area contributed by atoms with Crippen LogP contribution in [0.2, 0.25) is 0 Å². The molecule has 2 rings (SSSR count). The highest BCUT2D eigenvalue weighted by atomic mass is 16.5. The number of hydrogen-bond donors (Lipinski definition) is 1. The molecule has 104 valence electrons. The summed E-state index contributed by atoms with van der Waals surface area (Å²) in [4.78, 5) is 12.4. The summed E-state index contributed by atoms with van der Waals surface area (Å²) in [5, 5.41) is 0. The highest BCUT2D eigenvalue weighted by molar-refractivity contribution is 6.09. The van der Waals surface area contributed by atoms with Crippen LogP contribution in [-0.4, -0.2) is 19.5 Å². The first kappa shape index (κ1) is 13.9. The Bertz CT molecular complexity index is 623. The van der Waals surface area contributed by atoms with Crippen molar-refractivity contribution in [1.82, 2.24) is 0 Å². The molecule has 0 saturated carbocycles. The highest BCUT2D eigenvalue weighted by Gasteiger charge is 2.13. The molecule has 0 amide bonds. The third-order valence-corrected chi connectivity index (χ3v) is 2.87. The number of benzene rings is 2. The van der Waals surface area contributed by atoms with Crippen molar-refractivity contribution in [3.63, 3.8) is 0 Å². The number of ketones is 1. The Hall–Kier alpha value is -2.49. The second kappa shape index (κ2) is 6.10. The summed E-state index contributed by atoms with van der Waals surface area (Å²) in [5.74, 6) is 1.07. The Labute approximate surface area is 118 Å². The van der Waals surface area contributed by atoms with Crippen molar-refractivity contribution < 1.29 is 14.3 Å². The van der Waals surface area contributed by atoms with Gasteiger partial charge in [-0.15, -0.1) is 0 Å². The largest absolute Gasteiger partial charge is 0.493 e. The van der Waals surface area contributed by atoms with Crippen molar-refractivity contribution in [2.75, 3.05) is 19.5 Å². The summed E-state index contributed by atoms with van der Waals surface area (Å²) >= 11 is 0. The molecule has 4 heteroatoms. The summed E-state index contributed by atoms with van der Waals surface area (Å²) in [6.07, 6.45) is 0. The zero-order valence-corrected chi connectivity index (χ0v) is 11.6. The van der Waals surface area contributed by atoms with Crippen molar-refractivity contribution in [3.05, 3.63) is 53.6 Å². The van der Waals surface area contributed by atoms with E-state index in [1.54, 1.807) is 49.6 Å². The second-order valence-corrected chi connectivity index (χ2v) is 4.25. The molecule has 0 aliphatic heterocycles. The third-order valence-electron chi connectivity index (χ3n) is 2.87. The van der Waals surface area contributed by atoms with Crippen LogP contribution >= 0.6 is 0 Å². The number of ether oxygens (including phenoxy) is 2. The monoisotopic (exact) mass is 271 g/mol. The quantitative estimate of drug-likeness (QED) is 0.671. The van der Waals surface area contributed by atoms with Crippen molar-refractivity contribution in [2.24, 2.45) is 0 Å². The fraction of sp³-hybridized carbons (Fsp3) is 0.188. The molecule has 2 aromatic carbocycles. The van der Waals surface area contributed by atoms with E-state index in [4.69, 9.17) is 15.2 Å². The van der Waals surface area contributed by atoms with Crippen LogP contribution in [0.4, 0.5) is 5.69 Å². The van der Waals surface area contributed by atoms with Crippen LogP contribution in [0.5, 0.6) is 11.5 Å². The molecule has 0 aliphatic rings. The fourth-order valence-corrected chi connectivity index (χ4v) is 1.93. The topological polar surface area (TPSA) is 61.5 Å². The highest BCUT2D eigenvalue weighted by Crippen LogP contribution is 2.29. The van der Waals surface area contributed by atoms with Gasteiger partial charge < -0.3 is 15.2 Å². The summed E-state index contributed by atoms with van der Waals surface area (Å²) in [7, 11) is 1.55. The lowest BCUT2D eigenvalue weighted by atomic mass is 10.0. The summed E-state index contributed by atoms with van der Waals surface area (Å²) in [5.41, 5.74) is 7.35. The lowest BCUT2D eigenvalue weighted by molar-refractivity contribution is 0.103. The Morgan fingerprint density at radius 2 is 1.85 bits per heavy atom. The minimum absolute atomic E-state index is 0.0985. The maximum atomic E-state index is 12.4. The molecule has 0 aliphatic carbocycles. The number of carbonyl (C=O) groups excluding carboxylic acids is 1. The van der Waals surface area contributed by atoms with Gasteiger partial charge in [0.25, 0.3) is 0 Å². The van der Waals surface area contributed by atoms with Crippen LogP contribution < -0.4 is 15.2 Å². The molecule has 0 bridgehead atoms. The number of rotatable bonds is 5. The van der Waals surface area contributed by atoms with Gasteiger partial charge in [0.2, 0.25) is 0 Å². The standard InChI is InChI=1S/C16H17NO3/c1-3-20-14-8-7-12(10-15(14)19-2)16(18)11-5-4-6-13(17)9-11/h4-10H,3,17H2,1-2H3. The number of anilines is 1. The van der Waals surface area contributed by atoms with Gasteiger partial charge in [-0.1, -0.05) is 12.1 Å². The van der Waals surface area contributed by atoms with Crippen LogP contribution in [0.1, 0.15) is 22.8 Å². The van der Waals surface area contributed by atoms with Crippen LogP contribution in [0.25, 0.3) is 0 Å². The summed E-state index contributed by atoms with van der Waals surface area (Å²) in [6.45, 7) is 2.43. The van der Waals surface area contributed by atoms with E-state index in [9.17, 15) is 4.79 Å². The van der Waals surface area contributed by atoms with Gasteiger partial charge in [-0.3, -0.25) is 4.79 Å². The third kappa shape index (κ3) is 2.91. The van der Waals surface area contributed by atoms with Crippen molar-refractivity contribution in [1.29, 1.82) is 0 Å². The van der Waals surface area contributed by atoms with Crippen molar-refractivity contribution >= 4 is 11.5 Å². The Morgan fingerprint density at radius 3 is 2.50 bits per heavy atom. The molecule has 0 heterocycles. The van der Waals surface area contributed by atoms with Crippen LogP contribution in [-0.2, 0) is 0 Å². The van der Waals surface area contributed by atoms with E-state index in [1.165, 1.54) is 0 Å². The second-order valence-electron chi connectivity index (χ2n) is 4.25. The molecular formula is C16H17NO3. The Morgan fingerprint density at radius 1 is 1.10 bits per heavy atom. The van der Waals surface area contributed by atoms with E-state index in [-0.39, 0.29) is 5.78 Å². The first-order valence-corrected chi connectivity index (χ1v) is 6.36. The molecular weight excluding hydrogens is 254 g/mol. The molecule has 0 spiro atoms. The van der Waals surface area contributed by atoms with E-state index in [0.29, 0.717) is 34.9 Å². The van der Waals surface area contributed by atoms with Gasteiger partial charge >= 0.3 is 0 Å². The van der Waals surface area contributed by atoms with Gasteiger partial charge in [0.15, 0.2) is 17.3 Å². The molecule has 2 aromatic rings. The number of carbonyl (C=O) groups is 1. The van der Waals surface area contributed by atoms with Crippen LogP contribution in [0.15, 0.2) is 42.5 Å². The van der Waals surface area contributed by atoms with Gasteiger partial charge in [0.1, 0.15) is 0 Å². The van der Waals surface area contributed by atoms with E-state index in [1.807, 2.05) is 6.92 Å². The van der Waals surface area contributed by atoms with Gasteiger partial charge in [0.05, 0.1) is 13.7 Å². The van der Waals surface area contributed by atoms with Gasteiger partial charge in [-0.05, 0) is 37.3 Å². The first-order valence-electron chi connectivity index (χ1n) is 6.36. The van der Waals surface area contributed by atoms with Crippen molar-refractivity contribution in [3.8, 4) is 11.5 Å². The molecule has 0 unspecified atom stereocenters. The minimum Gasteiger partial charge on any atom is -0.493 e. The van der Waals surface area contributed by atoms with Crippen LogP contribution in [0, 0.1) is 0 Å². The lowest BCUT2D eigenvalue weighted by Crippen LogP contribution is -2.03. The van der Waals surface area contributed by atoms with Gasteiger partial charge in [-0.2, -0.15) is 0 Å². The molecule has 20 heavy (non-hydrogen) atoms. The average Bonchev–Trinajstić information content (AvgIpc) is 2.47. The fourth-order valence-electron chi connectivity index (χ4n) is 1.93. The SMILES string of the molecule is CCOc1ccc(C(=O)c2cccc(N)c2)cc1OC. The molecule has 4 nitrogen and oxygen atoms in total. The summed E-state index contributed by atoms with van der Waals surface area (Å²) in [6, 6.07) is 12.0. The lowest BCUT2D eigenvalue weighted by Gasteiger charge is -2.10. The van der Waals surface area contributed by atoms with E-state index >= 15 is 0 Å². The number of hydrogen-bond acceptors (Lipinski definition) is 4. The normalized spacial score (nSPS) is 10.1. The van der Waals surface area contributed by atoms with E-state index in [0.717, 1.165) is 0 Å². The minimum atomic E-state index is -0.0985. The molecule has 2 N–H and O–H groups in total. The van der Waals surface area contributed by atoms with E-state index in [2.05, 4.69) is 0 Å². The Kier molecular flexibility index (Phi) is 4.25. The maximum Gasteiger partial charge on any atom is 0.193 e. The van der Waals surface area contributed by atoms with Gasteiger partial charge in [-0.25, -0.2) is 0 Å². The molecule has 0 fully saturated rings. The first-order chi connectivity index (χ1) is 9.65. The number of nitrogen functional groups attached to an aromatic ring is 1. The zero-order valence-electron chi connectivity index (χ0n) is 11.6. The summed E-state index contributed by atoms with van der Waals surface area (Å²) < 4.78 is 10.7. The van der Waals surface area contributed by atoms with Crippen molar-refractivity contribution in [2.45, 2.75) is 6.92 Å². The predicted octanol–water partition coefficient (Wildman–Crippen LogP) is 2.91. The Balaban J connectivity index is 2.35. The van der Waals surface area contributed by atoms with Crippen LogP contribution in [0.3, 0.4) is 0 Å². The van der Waals surface area contributed by atoms with Gasteiger partial charge in [0, 0.05) is 16.8 Å². The average molecular weight is 271 g/mol. The number of nitrogens with two attached hydrogens (primary N) is 1. The number of methoxy groups -OCH3 is 1. The molecule has 0 saturated heterocycles. The maximum absolute atomic E-state index is 12.4.